The normalized spacial score (nSPS) is 9.79. The van der Waals surface area contributed by atoms with E-state index in [-0.39, 0.29) is 5.82 Å². The smallest absolute Gasteiger partial charge is 0.145 e. The van der Waals surface area contributed by atoms with Crippen LogP contribution in [0, 0.1) is 17.1 Å². The molecule has 0 bridgehead atoms. The van der Waals surface area contributed by atoms with Gasteiger partial charge in [-0.2, -0.15) is 5.26 Å². The average molecular weight is 321 g/mol. The molecule has 0 aromatic heterocycles. The van der Waals surface area contributed by atoms with Crippen LogP contribution in [0.5, 0.6) is 5.75 Å². The van der Waals surface area contributed by atoms with Crippen LogP contribution in [0.15, 0.2) is 40.9 Å². The van der Waals surface area contributed by atoms with Gasteiger partial charge in [0.15, 0.2) is 0 Å². The second-order valence-corrected chi connectivity index (χ2v) is 4.69. The lowest BCUT2D eigenvalue weighted by atomic mass is 10.2. The zero-order chi connectivity index (χ0) is 13.8. The van der Waals surface area contributed by atoms with Crippen molar-refractivity contribution < 1.29 is 9.13 Å². The minimum atomic E-state index is -0.376. The van der Waals surface area contributed by atoms with Gasteiger partial charge < -0.3 is 10.1 Å². The van der Waals surface area contributed by atoms with E-state index < -0.39 is 0 Å². The van der Waals surface area contributed by atoms with Gasteiger partial charge >= 0.3 is 0 Å². The fourth-order valence-corrected chi connectivity index (χ4v) is 1.99. The zero-order valence-corrected chi connectivity index (χ0v) is 11.7. The topological polar surface area (TPSA) is 45.0 Å². The van der Waals surface area contributed by atoms with Crippen molar-refractivity contribution >= 4 is 27.3 Å². The third-order valence-electron chi connectivity index (χ3n) is 2.53. The van der Waals surface area contributed by atoms with E-state index in [1.165, 1.54) is 19.2 Å². The van der Waals surface area contributed by atoms with Gasteiger partial charge in [-0.1, -0.05) is 15.9 Å². The molecule has 0 spiro atoms. The Labute approximate surface area is 118 Å². The highest BCUT2D eigenvalue weighted by atomic mass is 79.9. The molecule has 0 aliphatic carbocycles. The molecule has 0 atom stereocenters. The van der Waals surface area contributed by atoms with E-state index in [0.717, 1.165) is 4.47 Å². The van der Waals surface area contributed by atoms with Gasteiger partial charge in [0, 0.05) is 10.5 Å². The summed E-state index contributed by atoms with van der Waals surface area (Å²) in [5, 5.41) is 12.2. The summed E-state index contributed by atoms with van der Waals surface area (Å²) in [7, 11) is 1.47. The van der Waals surface area contributed by atoms with Crippen LogP contribution in [0.3, 0.4) is 0 Å². The molecule has 0 heterocycles. The lowest BCUT2D eigenvalue weighted by Crippen LogP contribution is -1.97. The fraction of sp³-hybridized carbons (Fsp3) is 0.0714. The van der Waals surface area contributed by atoms with Crippen molar-refractivity contribution in [3.63, 3.8) is 0 Å². The van der Waals surface area contributed by atoms with E-state index in [1.807, 2.05) is 6.07 Å². The first-order valence-electron chi connectivity index (χ1n) is 5.44. The Morgan fingerprint density at radius 3 is 2.63 bits per heavy atom. The molecule has 0 amide bonds. The summed E-state index contributed by atoms with van der Waals surface area (Å²) in [5.74, 6) is 0.00511. The number of nitriles is 1. The lowest BCUT2D eigenvalue weighted by Gasteiger charge is -2.12. The predicted molar refractivity (Wildman–Crippen MR) is 75.1 cm³/mol. The van der Waals surface area contributed by atoms with Crippen LogP contribution in [0.25, 0.3) is 0 Å². The van der Waals surface area contributed by atoms with Gasteiger partial charge in [0.2, 0.25) is 0 Å². The van der Waals surface area contributed by atoms with E-state index in [2.05, 4.69) is 27.3 Å². The molecule has 1 N–H and O–H groups in total. The van der Waals surface area contributed by atoms with Crippen LogP contribution in [-0.4, -0.2) is 7.11 Å². The molecule has 2 aromatic rings. The van der Waals surface area contributed by atoms with Crippen LogP contribution >= 0.6 is 15.9 Å². The number of nitrogens with one attached hydrogen (secondary N) is 1. The minimum absolute atomic E-state index is 0.376. The number of methoxy groups -OCH3 is 1. The molecule has 96 valence electrons. The molecule has 0 saturated carbocycles. The Morgan fingerprint density at radius 1 is 1.21 bits per heavy atom. The van der Waals surface area contributed by atoms with Gasteiger partial charge in [0.25, 0.3) is 0 Å². The molecule has 0 saturated heterocycles. The van der Waals surface area contributed by atoms with Crippen molar-refractivity contribution in [1.29, 1.82) is 5.26 Å². The number of ether oxygens (including phenoxy) is 1. The van der Waals surface area contributed by atoms with Gasteiger partial charge in [0.1, 0.15) is 17.6 Å². The number of rotatable bonds is 3. The molecule has 2 aromatic carbocycles. The number of anilines is 2. The van der Waals surface area contributed by atoms with Gasteiger partial charge in [-0.3, -0.25) is 0 Å². The molecule has 5 heteroatoms. The van der Waals surface area contributed by atoms with Crippen LogP contribution in [0.2, 0.25) is 0 Å². The largest absolute Gasteiger partial charge is 0.494 e. The van der Waals surface area contributed by atoms with Gasteiger partial charge in [-0.15, -0.1) is 0 Å². The number of hydrogen-bond acceptors (Lipinski definition) is 3. The van der Waals surface area contributed by atoms with E-state index >= 15 is 0 Å². The van der Waals surface area contributed by atoms with E-state index in [1.54, 1.807) is 18.2 Å². The van der Waals surface area contributed by atoms with E-state index in [4.69, 9.17) is 10.00 Å². The van der Waals surface area contributed by atoms with Gasteiger partial charge in [0.05, 0.1) is 24.0 Å². The maximum atomic E-state index is 13.1. The molecule has 0 radical (unpaired) electrons. The van der Waals surface area contributed by atoms with Crippen LogP contribution in [-0.2, 0) is 0 Å². The summed E-state index contributed by atoms with van der Waals surface area (Å²) in [6, 6.07) is 11.6. The summed E-state index contributed by atoms with van der Waals surface area (Å²) in [4.78, 5) is 0. The Kier molecular flexibility index (Phi) is 4.03. The lowest BCUT2D eigenvalue weighted by molar-refractivity contribution is 0.413. The Balaban J connectivity index is 2.39. The summed E-state index contributed by atoms with van der Waals surface area (Å²) in [5.41, 5.74) is 1.72. The maximum absolute atomic E-state index is 13.1. The van der Waals surface area contributed by atoms with Crippen LogP contribution < -0.4 is 10.1 Å². The monoisotopic (exact) mass is 320 g/mol. The first-order valence-corrected chi connectivity index (χ1v) is 6.23. The zero-order valence-electron chi connectivity index (χ0n) is 10.1. The first kappa shape index (κ1) is 13.4. The van der Waals surface area contributed by atoms with Gasteiger partial charge in [-0.05, 0) is 30.3 Å². The second-order valence-electron chi connectivity index (χ2n) is 3.77. The van der Waals surface area contributed by atoms with Crippen molar-refractivity contribution in [2.45, 2.75) is 0 Å². The third kappa shape index (κ3) is 3.04. The van der Waals surface area contributed by atoms with Crippen molar-refractivity contribution in [3.05, 3.63) is 52.3 Å². The van der Waals surface area contributed by atoms with Gasteiger partial charge in [-0.25, -0.2) is 4.39 Å². The molecule has 0 unspecified atom stereocenters. The molecular formula is C14H10BrFN2O. The summed E-state index contributed by atoms with van der Waals surface area (Å²) >= 11 is 3.31. The van der Waals surface area contributed by atoms with Crippen molar-refractivity contribution in [3.8, 4) is 11.8 Å². The molecule has 0 aliphatic heterocycles. The Hall–Kier alpha value is -2.06. The fourth-order valence-electron chi connectivity index (χ4n) is 1.63. The number of halogens is 2. The third-order valence-corrected chi connectivity index (χ3v) is 3.03. The Morgan fingerprint density at radius 2 is 1.95 bits per heavy atom. The highest BCUT2D eigenvalue weighted by Crippen LogP contribution is 2.30. The SMILES string of the molecule is COc1cc(F)ccc1Nc1ccc(Br)cc1C#N. The van der Waals surface area contributed by atoms with Crippen molar-refractivity contribution in [2.75, 3.05) is 12.4 Å². The second kappa shape index (κ2) is 5.72. The number of hydrogen-bond donors (Lipinski definition) is 1. The predicted octanol–water partition coefficient (Wildman–Crippen LogP) is 4.21. The molecular weight excluding hydrogens is 311 g/mol. The maximum Gasteiger partial charge on any atom is 0.145 e. The standard InChI is InChI=1S/C14H10BrFN2O/c1-19-14-7-11(16)3-5-13(14)18-12-4-2-10(15)6-9(12)8-17/h2-7,18H,1H3. The van der Waals surface area contributed by atoms with Crippen LogP contribution in [0.1, 0.15) is 5.56 Å². The Bertz CT molecular complexity index is 652. The van der Waals surface area contributed by atoms with E-state index in [9.17, 15) is 4.39 Å². The highest BCUT2D eigenvalue weighted by molar-refractivity contribution is 9.10. The first-order chi connectivity index (χ1) is 9.13. The number of benzene rings is 2. The summed E-state index contributed by atoms with van der Waals surface area (Å²) in [6.07, 6.45) is 0. The molecule has 2 rings (SSSR count). The number of nitrogens with zero attached hydrogens (tertiary/aromatic N) is 1. The molecule has 0 aliphatic rings. The average Bonchev–Trinajstić information content (AvgIpc) is 2.42. The molecule has 3 nitrogen and oxygen atoms in total. The molecule has 0 fully saturated rings. The van der Waals surface area contributed by atoms with Crippen LogP contribution in [0.4, 0.5) is 15.8 Å². The summed E-state index contributed by atoms with van der Waals surface area (Å²) < 4.78 is 19.0. The quantitative estimate of drug-likeness (QED) is 0.921. The minimum Gasteiger partial charge on any atom is -0.494 e. The van der Waals surface area contributed by atoms with E-state index in [0.29, 0.717) is 22.7 Å². The van der Waals surface area contributed by atoms with Crippen molar-refractivity contribution in [1.82, 2.24) is 0 Å². The van der Waals surface area contributed by atoms with Crippen molar-refractivity contribution in [2.24, 2.45) is 0 Å². The highest BCUT2D eigenvalue weighted by Gasteiger charge is 2.08. The molecule has 19 heavy (non-hydrogen) atoms. The summed E-state index contributed by atoms with van der Waals surface area (Å²) in [6.45, 7) is 0.